The van der Waals surface area contributed by atoms with Gasteiger partial charge < -0.3 is 10.1 Å². The number of anilines is 1. The molecule has 0 radical (unpaired) electrons. The number of benzene rings is 1. The monoisotopic (exact) mass is 428 g/mol. The average Bonchev–Trinajstić information content (AvgIpc) is 2.95. The van der Waals surface area contributed by atoms with Crippen LogP contribution < -0.4 is 10.1 Å². The second-order valence-corrected chi connectivity index (χ2v) is 8.90. The number of sulfonamides is 1. The lowest BCUT2D eigenvalue weighted by molar-refractivity contribution is -0.274. The third kappa shape index (κ3) is 5.34. The van der Waals surface area contributed by atoms with Gasteiger partial charge in [-0.15, -0.1) is 24.5 Å². The highest BCUT2D eigenvalue weighted by Crippen LogP contribution is 2.30. The van der Waals surface area contributed by atoms with Gasteiger partial charge in [-0.2, -0.15) is 4.31 Å². The van der Waals surface area contributed by atoms with Gasteiger partial charge in [-0.3, -0.25) is 4.79 Å². The summed E-state index contributed by atoms with van der Waals surface area (Å²) >= 11 is 6.53. The zero-order valence-electron chi connectivity index (χ0n) is 13.1. The summed E-state index contributed by atoms with van der Waals surface area (Å²) in [4.78, 5) is 12.0. The minimum atomic E-state index is -4.93. The Balaban J connectivity index is 2.10. The number of alkyl halides is 3. The smallest absolute Gasteiger partial charge is 0.404 e. The highest BCUT2D eigenvalue weighted by Gasteiger charge is 2.32. The Morgan fingerprint density at radius 1 is 1.27 bits per heavy atom. The number of hydrogen-bond acceptors (Lipinski definition) is 5. The van der Waals surface area contributed by atoms with Gasteiger partial charge in [0.25, 0.3) is 10.0 Å². The fraction of sp³-hybridized carbons (Fsp3) is 0.214. The minimum Gasteiger partial charge on any atom is -0.404 e. The molecule has 0 saturated heterocycles. The van der Waals surface area contributed by atoms with Gasteiger partial charge in [0.15, 0.2) is 5.75 Å². The zero-order valence-corrected chi connectivity index (χ0v) is 15.5. The van der Waals surface area contributed by atoms with Crippen molar-refractivity contribution in [2.45, 2.75) is 10.6 Å². The highest BCUT2D eigenvalue weighted by molar-refractivity contribution is 7.91. The molecule has 0 spiro atoms. The number of ether oxygens (including phenoxy) is 1. The van der Waals surface area contributed by atoms with Crippen molar-refractivity contribution in [2.75, 3.05) is 18.9 Å². The maximum Gasteiger partial charge on any atom is 0.573 e. The molecule has 26 heavy (non-hydrogen) atoms. The van der Waals surface area contributed by atoms with Crippen molar-refractivity contribution in [1.29, 1.82) is 0 Å². The summed E-state index contributed by atoms with van der Waals surface area (Å²) in [6.45, 7) is -0.613. The Hall–Kier alpha value is -1.82. The van der Waals surface area contributed by atoms with E-state index in [2.05, 4.69) is 10.1 Å². The molecule has 0 fully saturated rings. The molecule has 1 heterocycles. The summed E-state index contributed by atoms with van der Waals surface area (Å²) in [7, 11) is -2.78. The van der Waals surface area contributed by atoms with Gasteiger partial charge >= 0.3 is 6.36 Å². The van der Waals surface area contributed by atoms with Crippen molar-refractivity contribution in [3.8, 4) is 5.75 Å². The van der Waals surface area contributed by atoms with Crippen LogP contribution in [0.4, 0.5) is 18.9 Å². The molecule has 12 heteroatoms. The van der Waals surface area contributed by atoms with Crippen molar-refractivity contribution in [1.82, 2.24) is 4.31 Å². The van der Waals surface area contributed by atoms with Crippen molar-refractivity contribution < 1.29 is 31.1 Å². The van der Waals surface area contributed by atoms with Crippen LogP contribution in [0.5, 0.6) is 5.75 Å². The molecule has 1 N–H and O–H groups in total. The molecule has 1 aromatic heterocycles. The number of hydrogen-bond donors (Lipinski definition) is 1. The van der Waals surface area contributed by atoms with Crippen molar-refractivity contribution in [3.63, 3.8) is 0 Å². The molecule has 1 amide bonds. The second kappa shape index (κ2) is 7.82. The Bertz CT molecular complexity index is 900. The lowest BCUT2D eigenvalue weighted by Crippen LogP contribution is -2.34. The zero-order chi connectivity index (χ0) is 19.5. The predicted octanol–water partition coefficient (Wildman–Crippen LogP) is 3.56. The summed E-state index contributed by atoms with van der Waals surface area (Å²) in [5, 5.41) is 2.20. The van der Waals surface area contributed by atoms with Gasteiger partial charge in [-0.1, -0.05) is 23.7 Å². The van der Waals surface area contributed by atoms with Crippen LogP contribution in [0.2, 0.25) is 4.34 Å². The molecule has 0 bridgehead atoms. The number of likely N-dealkylation sites (N-methyl/N-ethyl adjacent to an activating group) is 1. The average molecular weight is 429 g/mol. The first-order valence-electron chi connectivity index (χ1n) is 6.85. The van der Waals surface area contributed by atoms with Gasteiger partial charge in [0.2, 0.25) is 5.91 Å². The Labute approximate surface area is 156 Å². The van der Waals surface area contributed by atoms with Crippen LogP contribution >= 0.6 is 22.9 Å². The van der Waals surface area contributed by atoms with Gasteiger partial charge in [-0.25, -0.2) is 8.42 Å². The molecule has 0 atom stereocenters. The number of carbonyl (C=O) groups is 1. The van der Waals surface area contributed by atoms with E-state index in [0.717, 1.165) is 21.7 Å². The van der Waals surface area contributed by atoms with Crippen LogP contribution in [0, 0.1) is 0 Å². The van der Waals surface area contributed by atoms with Crippen LogP contribution in [-0.4, -0.2) is 38.6 Å². The molecule has 1 aromatic carbocycles. The number of nitrogens with zero attached hydrogens (tertiary/aromatic N) is 1. The normalized spacial score (nSPS) is 12.2. The number of amides is 1. The van der Waals surface area contributed by atoms with E-state index in [1.54, 1.807) is 0 Å². The molecule has 0 aliphatic rings. The summed E-state index contributed by atoms with van der Waals surface area (Å²) in [6.07, 6.45) is -4.93. The van der Waals surface area contributed by atoms with Gasteiger partial charge in [-0.05, 0) is 24.3 Å². The molecule has 2 aromatic rings. The number of carbonyl (C=O) groups excluding carboxylic acids is 1. The van der Waals surface area contributed by atoms with E-state index in [-0.39, 0.29) is 14.2 Å². The Morgan fingerprint density at radius 2 is 1.92 bits per heavy atom. The van der Waals surface area contributed by atoms with E-state index in [1.807, 2.05) is 0 Å². The molecular formula is C14H12ClF3N2O4S2. The fourth-order valence-corrected chi connectivity index (χ4v) is 4.67. The summed E-state index contributed by atoms with van der Waals surface area (Å²) in [5.74, 6) is -1.44. The van der Waals surface area contributed by atoms with Crippen LogP contribution in [0.25, 0.3) is 0 Å². The Kier molecular flexibility index (Phi) is 6.17. The predicted molar refractivity (Wildman–Crippen MR) is 90.9 cm³/mol. The largest absolute Gasteiger partial charge is 0.573 e. The van der Waals surface area contributed by atoms with Crippen LogP contribution in [0.15, 0.2) is 40.6 Å². The molecule has 0 aliphatic heterocycles. The quantitative estimate of drug-likeness (QED) is 0.763. The van der Waals surface area contributed by atoms with Gasteiger partial charge in [0, 0.05) is 7.05 Å². The third-order valence-electron chi connectivity index (χ3n) is 2.97. The van der Waals surface area contributed by atoms with Crippen LogP contribution in [0.3, 0.4) is 0 Å². The second-order valence-electron chi connectivity index (χ2n) is 4.91. The highest BCUT2D eigenvalue weighted by atomic mass is 35.5. The maximum absolute atomic E-state index is 12.4. The standard InChI is InChI=1S/C14H12ClF3N2O4S2/c1-20(26(22,23)13-7-6-11(15)25-13)8-12(21)19-9-4-2-3-5-10(9)24-14(16,17)18/h2-7H,8H2,1H3,(H,19,21). The molecule has 0 aliphatic carbocycles. The fourth-order valence-electron chi connectivity index (χ4n) is 1.85. The van der Waals surface area contributed by atoms with E-state index < -0.39 is 34.6 Å². The van der Waals surface area contributed by atoms with E-state index in [1.165, 1.54) is 37.4 Å². The van der Waals surface area contributed by atoms with E-state index >= 15 is 0 Å². The number of thiophene rings is 1. The summed E-state index contributed by atoms with van der Waals surface area (Å²) in [5.41, 5.74) is -0.236. The molecule has 6 nitrogen and oxygen atoms in total. The lowest BCUT2D eigenvalue weighted by Gasteiger charge is -2.17. The van der Waals surface area contributed by atoms with Gasteiger partial charge in [0.05, 0.1) is 16.6 Å². The molecule has 142 valence electrons. The van der Waals surface area contributed by atoms with Crippen LogP contribution in [-0.2, 0) is 14.8 Å². The van der Waals surface area contributed by atoms with Crippen molar-refractivity contribution in [3.05, 3.63) is 40.7 Å². The van der Waals surface area contributed by atoms with E-state index in [0.29, 0.717) is 0 Å². The SMILES string of the molecule is CN(CC(=O)Nc1ccccc1OC(F)(F)F)S(=O)(=O)c1ccc(Cl)s1. The lowest BCUT2D eigenvalue weighted by atomic mass is 10.3. The molecule has 0 unspecified atom stereocenters. The summed E-state index contributed by atoms with van der Waals surface area (Å²) < 4.78 is 66.6. The number of halogens is 4. The minimum absolute atomic E-state index is 0.0568. The van der Waals surface area contributed by atoms with Crippen molar-refractivity contribution in [2.24, 2.45) is 0 Å². The van der Waals surface area contributed by atoms with Crippen molar-refractivity contribution >= 4 is 44.6 Å². The number of rotatable bonds is 6. The number of para-hydroxylation sites is 2. The first-order chi connectivity index (χ1) is 12.0. The molecule has 0 saturated carbocycles. The molecule has 2 rings (SSSR count). The first-order valence-corrected chi connectivity index (χ1v) is 9.49. The topological polar surface area (TPSA) is 75.7 Å². The molecular weight excluding hydrogens is 417 g/mol. The van der Waals surface area contributed by atoms with E-state index in [4.69, 9.17) is 11.6 Å². The Morgan fingerprint density at radius 3 is 2.50 bits per heavy atom. The maximum atomic E-state index is 12.4. The number of nitrogens with one attached hydrogen (secondary N) is 1. The van der Waals surface area contributed by atoms with Crippen LogP contribution in [0.1, 0.15) is 0 Å². The van der Waals surface area contributed by atoms with E-state index in [9.17, 15) is 26.4 Å². The summed E-state index contributed by atoms with van der Waals surface area (Å²) in [6, 6.07) is 7.62. The third-order valence-corrected chi connectivity index (χ3v) is 6.47. The first kappa shape index (κ1) is 20.5. The van der Waals surface area contributed by atoms with Gasteiger partial charge in [0.1, 0.15) is 4.21 Å².